The number of nitrogens with zero attached hydrogens (tertiary/aromatic N) is 3. The third-order valence-corrected chi connectivity index (χ3v) is 2.42. The largest absolute Gasteiger partial charge is 0.279 e. The third-order valence-electron chi connectivity index (χ3n) is 2.11. The number of aromatic nitrogens is 2. The minimum Gasteiger partial charge on any atom is -0.267 e. The highest BCUT2D eigenvalue weighted by molar-refractivity contribution is 6.34. The quantitative estimate of drug-likeness (QED) is 0.605. The molecule has 0 saturated heterocycles. The van der Waals surface area contributed by atoms with E-state index in [9.17, 15) is 14.9 Å². The minimum absolute atomic E-state index is 0.0275. The Labute approximate surface area is 101 Å². The summed E-state index contributed by atoms with van der Waals surface area (Å²) in [7, 11) is 0. The highest BCUT2D eigenvalue weighted by Crippen LogP contribution is 2.22. The zero-order valence-corrected chi connectivity index (χ0v) is 9.16. The monoisotopic (exact) mass is 251 g/mol. The fraction of sp³-hybridized carbons (Fsp3) is 0. The van der Waals surface area contributed by atoms with E-state index in [1.165, 1.54) is 24.5 Å². The number of carbonyl (C=O) groups excluding carboxylic acids is 1. The third kappa shape index (κ3) is 2.16. The molecule has 0 aliphatic rings. The summed E-state index contributed by atoms with van der Waals surface area (Å²) in [4.78, 5) is 21.8. The van der Waals surface area contributed by atoms with E-state index in [0.717, 1.165) is 10.7 Å². The molecule has 1 aromatic carbocycles. The van der Waals surface area contributed by atoms with Crippen LogP contribution in [0.1, 0.15) is 10.4 Å². The Hall–Kier alpha value is -2.21. The molecule has 2 rings (SSSR count). The van der Waals surface area contributed by atoms with Gasteiger partial charge in [0.05, 0.1) is 15.5 Å². The van der Waals surface area contributed by atoms with Crippen LogP contribution in [0.3, 0.4) is 0 Å². The Balaban J connectivity index is 2.41. The first-order chi connectivity index (χ1) is 8.09. The highest BCUT2D eigenvalue weighted by Gasteiger charge is 2.16. The van der Waals surface area contributed by atoms with Crippen LogP contribution in [0, 0.1) is 10.1 Å². The van der Waals surface area contributed by atoms with E-state index < -0.39 is 10.8 Å². The zero-order chi connectivity index (χ0) is 12.4. The van der Waals surface area contributed by atoms with Gasteiger partial charge in [-0.2, -0.15) is 5.10 Å². The molecule has 0 unspecified atom stereocenters. The van der Waals surface area contributed by atoms with Gasteiger partial charge in [-0.15, -0.1) is 0 Å². The Morgan fingerprint density at radius 1 is 1.47 bits per heavy atom. The standard InChI is InChI=1S/C10H6ClN3O3/c11-9-6-7(14(16)17)2-3-8(9)10(15)13-5-1-4-12-13/h1-6H. The molecule has 1 aromatic heterocycles. The minimum atomic E-state index is -0.575. The molecule has 0 aliphatic carbocycles. The first-order valence-electron chi connectivity index (χ1n) is 4.58. The van der Waals surface area contributed by atoms with E-state index in [4.69, 9.17) is 11.6 Å². The zero-order valence-electron chi connectivity index (χ0n) is 8.41. The van der Waals surface area contributed by atoms with Crippen molar-refractivity contribution in [3.63, 3.8) is 0 Å². The van der Waals surface area contributed by atoms with E-state index in [1.807, 2.05) is 0 Å². The van der Waals surface area contributed by atoms with Gasteiger partial charge in [0.25, 0.3) is 11.6 Å². The maximum atomic E-state index is 11.9. The van der Waals surface area contributed by atoms with Crippen LogP contribution in [-0.2, 0) is 0 Å². The SMILES string of the molecule is O=C(c1ccc([N+](=O)[O-])cc1Cl)n1cccn1. The van der Waals surface area contributed by atoms with E-state index >= 15 is 0 Å². The lowest BCUT2D eigenvalue weighted by molar-refractivity contribution is -0.384. The molecule has 86 valence electrons. The summed E-state index contributed by atoms with van der Waals surface area (Å²) in [6.07, 6.45) is 2.93. The van der Waals surface area contributed by atoms with Crippen LogP contribution in [0.2, 0.25) is 5.02 Å². The molecule has 0 radical (unpaired) electrons. The van der Waals surface area contributed by atoms with Gasteiger partial charge in [-0.3, -0.25) is 14.9 Å². The van der Waals surface area contributed by atoms with Crippen molar-refractivity contribution in [3.8, 4) is 0 Å². The number of non-ortho nitro benzene ring substituents is 1. The van der Waals surface area contributed by atoms with Gasteiger partial charge in [-0.25, -0.2) is 4.68 Å². The number of rotatable bonds is 2. The molecule has 0 aliphatic heterocycles. The molecule has 0 amide bonds. The van der Waals surface area contributed by atoms with E-state index in [2.05, 4.69) is 5.10 Å². The predicted octanol–water partition coefficient (Wildman–Crippen LogP) is 2.13. The fourth-order valence-electron chi connectivity index (χ4n) is 1.30. The lowest BCUT2D eigenvalue weighted by atomic mass is 10.2. The average molecular weight is 252 g/mol. The van der Waals surface area contributed by atoms with Crippen molar-refractivity contribution in [1.29, 1.82) is 0 Å². The molecule has 0 fully saturated rings. The number of benzene rings is 1. The van der Waals surface area contributed by atoms with Gasteiger partial charge in [0.2, 0.25) is 0 Å². The Morgan fingerprint density at radius 3 is 2.76 bits per heavy atom. The maximum absolute atomic E-state index is 11.9. The summed E-state index contributed by atoms with van der Waals surface area (Å²) < 4.78 is 1.10. The van der Waals surface area contributed by atoms with Crippen LogP contribution in [0.15, 0.2) is 36.7 Å². The molecule has 0 bridgehead atoms. The van der Waals surface area contributed by atoms with Crippen LogP contribution < -0.4 is 0 Å². The second kappa shape index (κ2) is 4.34. The number of nitro benzene ring substituents is 1. The van der Waals surface area contributed by atoms with Gasteiger partial charge >= 0.3 is 0 Å². The summed E-state index contributed by atoms with van der Waals surface area (Å²) in [6, 6.07) is 5.27. The van der Waals surface area contributed by atoms with E-state index in [0.29, 0.717) is 0 Å². The highest BCUT2D eigenvalue weighted by atomic mass is 35.5. The van der Waals surface area contributed by atoms with Crippen molar-refractivity contribution < 1.29 is 9.72 Å². The van der Waals surface area contributed by atoms with Crippen molar-refractivity contribution >= 4 is 23.2 Å². The number of hydrogen-bond donors (Lipinski definition) is 0. The van der Waals surface area contributed by atoms with E-state index in [-0.39, 0.29) is 16.3 Å². The van der Waals surface area contributed by atoms with Crippen molar-refractivity contribution in [2.75, 3.05) is 0 Å². The first-order valence-corrected chi connectivity index (χ1v) is 4.95. The molecular weight excluding hydrogens is 246 g/mol. The molecule has 6 nitrogen and oxygen atoms in total. The summed E-state index contributed by atoms with van der Waals surface area (Å²) in [5.74, 6) is -0.435. The summed E-state index contributed by atoms with van der Waals surface area (Å²) in [6.45, 7) is 0. The fourth-order valence-corrected chi connectivity index (χ4v) is 1.56. The molecule has 0 spiro atoms. The van der Waals surface area contributed by atoms with Gasteiger partial charge in [0.1, 0.15) is 0 Å². The Kier molecular flexibility index (Phi) is 2.88. The van der Waals surface area contributed by atoms with Crippen molar-refractivity contribution in [2.24, 2.45) is 0 Å². The molecule has 7 heteroatoms. The van der Waals surface area contributed by atoms with Crippen molar-refractivity contribution in [3.05, 3.63) is 57.4 Å². The summed E-state index contributed by atoms with van der Waals surface area (Å²) in [5, 5.41) is 14.3. The lowest BCUT2D eigenvalue weighted by Gasteiger charge is -2.02. The first kappa shape index (κ1) is 11.3. The molecule has 0 saturated carbocycles. The molecular formula is C10H6ClN3O3. The summed E-state index contributed by atoms with van der Waals surface area (Å²) >= 11 is 5.82. The topological polar surface area (TPSA) is 78.0 Å². The number of hydrogen-bond acceptors (Lipinski definition) is 4. The molecule has 17 heavy (non-hydrogen) atoms. The van der Waals surface area contributed by atoms with Crippen LogP contribution >= 0.6 is 11.6 Å². The molecule has 1 heterocycles. The number of nitro groups is 1. The second-order valence-corrected chi connectivity index (χ2v) is 3.58. The number of halogens is 1. The number of carbonyl (C=O) groups is 1. The molecule has 0 atom stereocenters. The summed E-state index contributed by atoms with van der Waals surface area (Å²) in [5.41, 5.74) is 0.00739. The average Bonchev–Trinajstić information content (AvgIpc) is 2.81. The second-order valence-electron chi connectivity index (χ2n) is 3.18. The van der Waals surface area contributed by atoms with E-state index in [1.54, 1.807) is 6.07 Å². The molecule has 0 N–H and O–H groups in total. The molecule has 2 aromatic rings. The normalized spacial score (nSPS) is 10.2. The Bertz CT molecular complexity index is 580. The van der Waals surface area contributed by atoms with Crippen LogP contribution in [0.25, 0.3) is 0 Å². The van der Waals surface area contributed by atoms with Crippen molar-refractivity contribution in [1.82, 2.24) is 9.78 Å². The van der Waals surface area contributed by atoms with Crippen LogP contribution in [0.4, 0.5) is 5.69 Å². The van der Waals surface area contributed by atoms with Crippen molar-refractivity contribution in [2.45, 2.75) is 0 Å². The predicted molar refractivity (Wildman–Crippen MR) is 60.1 cm³/mol. The lowest BCUT2D eigenvalue weighted by Crippen LogP contribution is -2.12. The maximum Gasteiger partial charge on any atom is 0.279 e. The Morgan fingerprint density at radius 2 is 2.24 bits per heavy atom. The van der Waals surface area contributed by atoms with Gasteiger partial charge in [0, 0.05) is 24.5 Å². The van der Waals surface area contributed by atoms with Gasteiger partial charge in [-0.1, -0.05) is 11.6 Å². The van der Waals surface area contributed by atoms with Gasteiger partial charge in [0.15, 0.2) is 0 Å². The van der Waals surface area contributed by atoms with Gasteiger partial charge < -0.3 is 0 Å². The van der Waals surface area contributed by atoms with Crippen LogP contribution in [0.5, 0.6) is 0 Å². The van der Waals surface area contributed by atoms with Crippen LogP contribution in [-0.4, -0.2) is 20.6 Å². The van der Waals surface area contributed by atoms with Gasteiger partial charge in [-0.05, 0) is 12.1 Å². The smallest absolute Gasteiger partial charge is 0.267 e.